The Bertz CT molecular complexity index is 2910. The van der Waals surface area contributed by atoms with E-state index in [0.29, 0.717) is 0 Å². The average Bonchev–Trinajstić information content (AvgIpc) is 4.51. The van der Waals surface area contributed by atoms with E-state index in [1.165, 1.54) is 307 Å². The smallest absolute Gasteiger partial charge is 0.114 e. The lowest BCUT2D eigenvalue weighted by atomic mass is 9.68. The van der Waals surface area contributed by atoms with Gasteiger partial charge in [0, 0.05) is 47.0 Å². The Morgan fingerprint density at radius 3 is 1.08 bits per heavy atom. The summed E-state index contributed by atoms with van der Waals surface area (Å²) in [5, 5.41) is 0. The van der Waals surface area contributed by atoms with Crippen LogP contribution in [0, 0.1) is 13.8 Å². The van der Waals surface area contributed by atoms with Crippen molar-refractivity contribution in [2.45, 2.75) is 284 Å². The molecule has 0 aliphatic heterocycles. The van der Waals surface area contributed by atoms with Gasteiger partial charge in [0.25, 0.3) is 0 Å². The maximum atomic E-state index is 5.43. The van der Waals surface area contributed by atoms with E-state index in [1.807, 2.05) is 22.7 Å². The van der Waals surface area contributed by atoms with Crippen LogP contribution in [0.3, 0.4) is 0 Å². The Hall–Kier alpha value is -3.30. The van der Waals surface area contributed by atoms with Crippen molar-refractivity contribution in [3.63, 3.8) is 0 Å². The van der Waals surface area contributed by atoms with Crippen LogP contribution < -0.4 is 0 Å². The third kappa shape index (κ3) is 13.4. The highest BCUT2D eigenvalue weighted by atomic mass is 32.1. The zero-order chi connectivity index (χ0) is 54.2. The Morgan fingerprint density at radius 2 is 0.654 bits per heavy atom. The number of benzene rings is 3. The molecule has 0 saturated carbocycles. The summed E-state index contributed by atoms with van der Waals surface area (Å²) in [6, 6.07) is 20.3. The molecule has 0 bridgehead atoms. The molecule has 4 heterocycles. The first-order valence-corrected chi connectivity index (χ1v) is 35.4. The molecule has 2 aliphatic carbocycles. The summed E-state index contributed by atoms with van der Waals surface area (Å²) in [7, 11) is 0. The van der Waals surface area contributed by atoms with Crippen LogP contribution in [0.25, 0.3) is 64.5 Å². The Kier molecular flexibility index (Phi) is 22.5. The second kappa shape index (κ2) is 29.6. The van der Waals surface area contributed by atoms with E-state index in [2.05, 4.69) is 90.1 Å². The van der Waals surface area contributed by atoms with E-state index < -0.39 is 0 Å². The van der Waals surface area contributed by atoms with E-state index >= 15 is 0 Å². The fourth-order valence-electron chi connectivity index (χ4n) is 14.4. The van der Waals surface area contributed by atoms with Gasteiger partial charge >= 0.3 is 0 Å². The molecule has 4 aromatic heterocycles. The Balaban J connectivity index is 1.19. The van der Waals surface area contributed by atoms with Crippen LogP contribution in [0.5, 0.6) is 0 Å². The van der Waals surface area contributed by atoms with Gasteiger partial charge in [0.05, 0.1) is 23.5 Å². The summed E-state index contributed by atoms with van der Waals surface area (Å²) in [5.74, 6) is 0. The molecule has 0 N–H and O–H groups in total. The fraction of sp³-hybridized carbons (Fsp3) is 0.629. The molecule has 0 spiro atoms. The summed E-state index contributed by atoms with van der Waals surface area (Å²) in [4.78, 5) is 5.40. The number of rotatable bonds is 38. The first-order valence-electron chi connectivity index (χ1n) is 32.3. The average molecular weight is 1120 g/mol. The van der Waals surface area contributed by atoms with E-state index in [9.17, 15) is 0 Å². The molecule has 0 atom stereocenters. The van der Waals surface area contributed by atoms with Crippen LogP contribution >= 0.6 is 46.1 Å². The van der Waals surface area contributed by atoms with Gasteiger partial charge in [-0.2, -0.15) is 17.5 Å². The van der Waals surface area contributed by atoms with Gasteiger partial charge in [0.1, 0.15) is 22.1 Å². The number of fused-ring (bicyclic) bond motifs is 10. The Labute approximate surface area is 489 Å². The third-order valence-corrected chi connectivity index (χ3v) is 22.1. The normalized spacial score (nSPS) is 14.0. The molecule has 7 aromatic rings. The molecule has 0 radical (unpaired) electrons. The van der Waals surface area contributed by atoms with Gasteiger partial charge in [-0.15, -0.1) is 22.7 Å². The van der Waals surface area contributed by atoms with E-state index in [-0.39, 0.29) is 10.8 Å². The van der Waals surface area contributed by atoms with Gasteiger partial charge in [-0.3, -0.25) is 0 Å². The summed E-state index contributed by atoms with van der Waals surface area (Å²) >= 11 is 6.70. The molecule has 78 heavy (non-hydrogen) atoms. The van der Waals surface area contributed by atoms with Crippen LogP contribution in [-0.4, -0.2) is 17.5 Å². The lowest BCUT2D eigenvalue weighted by molar-refractivity contribution is 0.394. The molecular formula is C70H98N4S4. The van der Waals surface area contributed by atoms with Crippen LogP contribution in [0.1, 0.15) is 292 Å². The lowest BCUT2D eigenvalue weighted by Crippen LogP contribution is -2.27. The van der Waals surface area contributed by atoms with Gasteiger partial charge in [-0.05, 0) is 121 Å². The molecule has 0 unspecified atom stereocenters. The van der Waals surface area contributed by atoms with Gasteiger partial charge in [-0.1, -0.05) is 239 Å². The lowest BCUT2D eigenvalue weighted by Gasteiger charge is -2.35. The first-order chi connectivity index (χ1) is 38.4. The minimum absolute atomic E-state index is 0.0689. The van der Waals surface area contributed by atoms with E-state index in [1.54, 1.807) is 22.3 Å². The number of nitrogens with zero attached hydrogens (tertiary/aromatic N) is 4. The summed E-state index contributed by atoms with van der Waals surface area (Å²) in [5.41, 5.74) is 18.9. The van der Waals surface area contributed by atoms with Crippen molar-refractivity contribution in [1.82, 2.24) is 17.5 Å². The standard InChI is InChI=1S/C70H98N4S4/c1-7-11-15-19-23-27-31-35-43-69(44-36-32-28-24-20-16-12-8-2)56-49-54-57(48-53(56)63-58(69)47-51(5)65-67(63)73-77-71-65)70(45-37-33-29-25-21-17-13-9-3,46-38-34-30-26-22-18-14-10-4)59-50-55(66-68(64(54)59)74-78-72-66)60-41-42-62(76-60)61-40-39-52(6)75-61/h39-42,47-50H,7-38,43-46H2,1-6H3. The van der Waals surface area contributed by atoms with Gasteiger partial charge < -0.3 is 0 Å². The number of unbranched alkanes of at least 4 members (excludes halogenated alkanes) is 28. The van der Waals surface area contributed by atoms with Crippen molar-refractivity contribution < 1.29 is 0 Å². The van der Waals surface area contributed by atoms with E-state index in [0.717, 1.165) is 22.1 Å². The SMILES string of the molecule is CCCCCCCCCCC1(CCCCCCCCCC)c2cc3c(cc2-c2c1cc(C)c1nsnc21)C(CCCCCCCCCC)(CCCCCCCCCC)c1cc(-c2ccc(-c4ccc(C)s4)s2)c2nsnc2c1-3. The molecule has 3 aromatic carbocycles. The number of hydrogen-bond acceptors (Lipinski definition) is 8. The summed E-state index contributed by atoms with van der Waals surface area (Å²) in [6.45, 7) is 13.9. The monoisotopic (exact) mass is 1120 g/mol. The minimum atomic E-state index is -0.118. The predicted octanol–water partition coefficient (Wildman–Crippen LogP) is 24.4. The number of thiophene rings is 2. The maximum absolute atomic E-state index is 5.43. The number of aryl methyl sites for hydroxylation is 2. The summed E-state index contributed by atoms with van der Waals surface area (Å²) in [6.07, 6.45) is 47.6. The van der Waals surface area contributed by atoms with Gasteiger partial charge in [0.15, 0.2) is 0 Å². The van der Waals surface area contributed by atoms with Crippen molar-refractivity contribution in [3.05, 3.63) is 81.2 Å². The van der Waals surface area contributed by atoms with E-state index in [4.69, 9.17) is 17.5 Å². The third-order valence-electron chi connectivity index (χ3n) is 18.7. The van der Waals surface area contributed by atoms with Crippen molar-refractivity contribution in [2.75, 3.05) is 0 Å². The molecule has 8 heteroatoms. The molecule has 0 fully saturated rings. The zero-order valence-electron chi connectivity index (χ0n) is 49.5. The molecule has 9 rings (SSSR count). The van der Waals surface area contributed by atoms with Crippen LogP contribution in [0.2, 0.25) is 0 Å². The van der Waals surface area contributed by atoms with Gasteiger partial charge in [0.2, 0.25) is 0 Å². The Morgan fingerprint density at radius 1 is 0.321 bits per heavy atom. The quantitative estimate of drug-likeness (QED) is 0.0362. The second-order valence-electron chi connectivity index (χ2n) is 24.5. The number of hydrogen-bond donors (Lipinski definition) is 0. The molecule has 2 aliphatic rings. The highest BCUT2D eigenvalue weighted by Crippen LogP contribution is 2.63. The van der Waals surface area contributed by atoms with Gasteiger partial charge in [-0.25, -0.2) is 0 Å². The summed E-state index contributed by atoms with van der Waals surface area (Å²) < 4.78 is 21.0. The van der Waals surface area contributed by atoms with Crippen molar-refractivity contribution in [1.29, 1.82) is 0 Å². The largest absolute Gasteiger partial charge is 0.173 e. The molecule has 422 valence electrons. The zero-order valence-corrected chi connectivity index (χ0v) is 52.8. The number of aromatic nitrogens is 4. The molecule has 0 saturated heterocycles. The van der Waals surface area contributed by atoms with Crippen LogP contribution in [0.15, 0.2) is 48.5 Å². The maximum Gasteiger partial charge on any atom is 0.114 e. The van der Waals surface area contributed by atoms with Crippen molar-refractivity contribution in [3.8, 4) is 42.4 Å². The van der Waals surface area contributed by atoms with Crippen molar-refractivity contribution >= 4 is 68.2 Å². The highest BCUT2D eigenvalue weighted by Gasteiger charge is 2.50. The fourth-order valence-corrected chi connectivity index (χ4v) is 17.5. The highest BCUT2D eigenvalue weighted by molar-refractivity contribution is 7.24. The molecule has 4 nitrogen and oxygen atoms in total. The molecule has 0 amide bonds. The predicted molar refractivity (Wildman–Crippen MR) is 346 cm³/mol. The van der Waals surface area contributed by atoms with Crippen LogP contribution in [0.4, 0.5) is 0 Å². The first kappa shape index (κ1) is 59.3. The second-order valence-corrected chi connectivity index (χ2v) is 27.9. The minimum Gasteiger partial charge on any atom is -0.173 e. The topological polar surface area (TPSA) is 51.6 Å². The molecular weight excluding hydrogens is 1030 g/mol. The van der Waals surface area contributed by atoms with Crippen LogP contribution in [-0.2, 0) is 10.8 Å². The van der Waals surface area contributed by atoms with Crippen molar-refractivity contribution in [2.24, 2.45) is 0 Å².